The van der Waals surface area contributed by atoms with E-state index in [1.54, 1.807) is 19.1 Å². The number of nitrogens with zero attached hydrogens (tertiary/aromatic N) is 1. The van der Waals surface area contributed by atoms with Gasteiger partial charge in [0.25, 0.3) is 5.56 Å². The van der Waals surface area contributed by atoms with Crippen molar-refractivity contribution in [1.82, 2.24) is 9.55 Å². The Morgan fingerprint density at radius 3 is 2.62 bits per heavy atom. The molecule has 1 heterocycles. The van der Waals surface area contributed by atoms with E-state index in [0.717, 1.165) is 0 Å². The average Bonchev–Trinajstić information content (AvgIpc) is 2.32. The van der Waals surface area contributed by atoms with Crippen molar-refractivity contribution in [2.75, 3.05) is 6.61 Å². The number of aromatic nitrogens is 2. The average molecular weight is 294 g/mol. The molecule has 0 bridgehead atoms. The third kappa shape index (κ3) is 6.25. The number of aromatic amines is 1. The Labute approximate surface area is 123 Å². The summed E-state index contributed by atoms with van der Waals surface area (Å²) in [5.41, 5.74) is -0.461. The molecule has 1 aromatic heterocycles. The van der Waals surface area contributed by atoms with Gasteiger partial charge in [-0.1, -0.05) is 26.8 Å². The van der Waals surface area contributed by atoms with Crippen molar-refractivity contribution in [3.63, 3.8) is 0 Å². The van der Waals surface area contributed by atoms with E-state index in [9.17, 15) is 14.4 Å². The molecule has 0 saturated carbocycles. The largest absolute Gasteiger partial charge is 0.461 e. The Hall–Kier alpha value is -2.11. The van der Waals surface area contributed by atoms with Crippen molar-refractivity contribution in [2.45, 2.75) is 40.7 Å². The van der Waals surface area contributed by atoms with E-state index in [1.807, 2.05) is 20.8 Å². The molecule has 0 saturated heterocycles. The third-order valence-electron chi connectivity index (χ3n) is 2.67. The first-order chi connectivity index (χ1) is 9.69. The van der Waals surface area contributed by atoms with Crippen LogP contribution in [-0.4, -0.2) is 22.1 Å². The van der Waals surface area contributed by atoms with Gasteiger partial charge in [-0.25, -0.2) is 4.79 Å². The highest BCUT2D eigenvalue weighted by Crippen LogP contribution is 2.18. The summed E-state index contributed by atoms with van der Waals surface area (Å²) in [6.45, 7) is 8.02. The summed E-state index contributed by atoms with van der Waals surface area (Å²) >= 11 is 0. The predicted molar refractivity (Wildman–Crippen MR) is 80.2 cm³/mol. The Morgan fingerprint density at radius 2 is 2.00 bits per heavy atom. The van der Waals surface area contributed by atoms with Crippen molar-refractivity contribution in [2.24, 2.45) is 5.41 Å². The monoisotopic (exact) mass is 294 g/mol. The number of carbonyl (C=O) groups excluding carboxylic acids is 1. The molecule has 21 heavy (non-hydrogen) atoms. The molecule has 0 aliphatic rings. The number of carbonyl (C=O) groups is 1. The molecule has 1 aromatic rings. The van der Waals surface area contributed by atoms with Gasteiger partial charge in [0, 0.05) is 18.3 Å². The van der Waals surface area contributed by atoms with Gasteiger partial charge in [0.05, 0.1) is 6.42 Å². The van der Waals surface area contributed by atoms with Crippen LogP contribution >= 0.6 is 0 Å². The molecule has 6 nitrogen and oxygen atoms in total. The molecular formula is C15H22N2O4. The van der Waals surface area contributed by atoms with Gasteiger partial charge in [-0.05, 0) is 18.4 Å². The summed E-state index contributed by atoms with van der Waals surface area (Å²) < 4.78 is 6.44. The summed E-state index contributed by atoms with van der Waals surface area (Å²) in [6, 6.07) is 0. The van der Waals surface area contributed by atoms with Crippen LogP contribution in [0.5, 0.6) is 0 Å². The number of ether oxygens (including phenoxy) is 1. The van der Waals surface area contributed by atoms with Gasteiger partial charge in [0.15, 0.2) is 0 Å². The first-order valence-electron chi connectivity index (χ1n) is 6.80. The zero-order valence-corrected chi connectivity index (χ0v) is 12.9. The Morgan fingerprint density at radius 1 is 1.33 bits per heavy atom. The first kappa shape index (κ1) is 16.9. The van der Waals surface area contributed by atoms with E-state index in [0.29, 0.717) is 18.5 Å². The molecule has 6 heteroatoms. The van der Waals surface area contributed by atoms with E-state index >= 15 is 0 Å². The van der Waals surface area contributed by atoms with E-state index in [-0.39, 0.29) is 23.6 Å². The highest BCUT2D eigenvalue weighted by atomic mass is 16.5. The molecule has 0 aliphatic heterocycles. The van der Waals surface area contributed by atoms with E-state index in [1.165, 1.54) is 10.8 Å². The fourth-order valence-electron chi connectivity index (χ4n) is 1.64. The highest BCUT2D eigenvalue weighted by Gasteiger charge is 2.16. The second-order valence-electron chi connectivity index (χ2n) is 6.12. The first-order valence-corrected chi connectivity index (χ1v) is 6.80. The quantitative estimate of drug-likeness (QED) is 0.657. The minimum absolute atomic E-state index is 0.0957. The number of hydrogen-bond acceptors (Lipinski definition) is 4. The van der Waals surface area contributed by atoms with Gasteiger partial charge < -0.3 is 4.74 Å². The van der Waals surface area contributed by atoms with Crippen molar-refractivity contribution in [1.29, 1.82) is 0 Å². The molecule has 0 unspecified atom stereocenters. The number of nitrogens with one attached hydrogen (secondary N) is 1. The van der Waals surface area contributed by atoms with Crippen LogP contribution in [-0.2, 0) is 16.1 Å². The van der Waals surface area contributed by atoms with Gasteiger partial charge in [0.2, 0.25) is 0 Å². The minimum Gasteiger partial charge on any atom is -0.461 e. The zero-order valence-electron chi connectivity index (χ0n) is 12.9. The molecule has 0 radical (unpaired) electrons. The van der Waals surface area contributed by atoms with Crippen LogP contribution in [0.25, 0.3) is 0 Å². The van der Waals surface area contributed by atoms with Crippen molar-refractivity contribution < 1.29 is 9.53 Å². The van der Waals surface area contributed by atoms with Crippen LogP contribution in [0.2, 0.25) is 0 Å². The second kappa shape index (κ2) is 7.06. The van der Waals surface area contributed by atoms with E-state index in [2.05, 4.69) is 4.98 Å². The maximum atomic E-state index is 11.5. The molecule has 1 rings (SSSR count). The number of hydrogen-bond donors (Lipinski definition) is 1. The lowest BCUT2D eigenvalue weighted by Gasteiger charge is -2.15. The summed E-state index contributed by atoms with van der Waals surface area (Å²) in [5.74, 6) is -0.246. The molecule has 116 valence electrons. The maximum Gasteiger partial charge on any atom is 0.328 e. The molecule has 1 N–H and O–H groups in total. The summed E-state index contributed by atoms with van der Waals surface area (Å²) in [5, 5.41) is 0. The van der Waals surface area contributed by atoms with Gasteiger partial charge in [0.1, 0.15) is 6.61 Å². The lowest BCUT2D eigenvalue weighted by molar-refractivity contribution is -0.144. The molecular weight excluding hydrogens is 272 g/mol. The maximum absolute atomic E-state index is 11.5. The van der Waals surface area contributed by atoms with Crippen LogP contribution in [0, 0.1) is 12.3 Å². The predicted octanol–water partition coefficient (Wildman–Crippen LogP) is 1.38. The van der Waals surface area contributed by atoms with Gasteiger partial charge in [-0.3, -0.25) is 19.1 Å². The van der Waals surface area contributed by atoms with Crippen LogP contribution in [0.15, 0.2) is 27.9 Å². The Kier molecular flexibility index (Phi) is 5.69. The fraction of sp³-hybridized carbons (Fsp3) is 0.533. The van der Waals surface area contributed by atoms with Crippen molar-refractivity contribution in [3.05, 3.63) is 44.8 Å². The van der Waals surface area contributed by atoms with E-state index < -0.39 is 5.69 Å². The normalized spacial score (nSPS) is 11.8. The second-order valence-corrected chi connectivity index (χ2v) is 6.12. The number of allylic oxidation sites excluding steroid dienone is 1. The molecule has 0 amide bonds. The van der Waals surface area contributed by atoms with Crippen molar-refractivity contribution in [3.8, 4) is 0 Å². The number of H-pyrrole nitrogens is 1. The number of rotatable bonds is 5. The lowest BCUT2D eigenvalue weighted by atomic mass is 9.93. The van der Waals surface area contributed by atoms with Gasteiger partial charge in [-0.15, -0.1) is 0 Å². The number of esters is 1. The molecule has 0 aliphatic carbocycles. The van der Waals surface area contributed by atoms with Gasteiger partial charge in [-0.2, -0.15) is 0 Å². The topological polar surface area (TPSA) is 81.2 Å². The Balaban J connectivity index is 2.46. The summed E-state index contributed by atoms with van der Waals surface area (Å²) in [4.78, 5) is 36.4. The summed E-state index contributed by atoms with van der Waals surface area (Å²) in [6.07, 6.45) is 5.24. The van der Waals surface area contributed by atoms with Gasteiger partial charge >= 0.3 is 11.7 Å². The van der Waals surface area contributed by atoms with Crippen LogP contribution in [0.3, 0.4) is 0 Å². The summed E-state index contributed by atoms with van der Waals surface area (Å²) in [7, 11) is 0. The zero-order chi connectivity index (χ0) is 16.0. The SMILES string of the molecule is Cc1cn(C/C=C\COC(=O)CC(C)(C)C)c(=O)[nH]c1=O. The van der Waals surface area contributed by atoms with Crippen molar-refractivity contribution >= 4 is 5.97 Å². The lowest BCUT2D eigenvalue weighted by Crippen LogP contribution is -2.30. The highest BCUT2D eigenvalue weighted by molar-refractivity contribution is 5.70. The standard InChI is InChI=1S/C15H22N2O4/c1-11-10-17(14(20)16-13(11)19)7-5-6-8-21-12(18)9-15(2,3)4/h5-6,10H,7-9H2,1-4H3,(H,16,19,20)/b6-5-. The molecule has 0 fully saturated rings. The molecule has 0 aromatic carbocycles. The molecule has 0 atom stereocenters. The fourth-order valence-corrected chi connectivity index (χ4v) is 1.64. The molecule has 0 spiro atoms. The smallest absolute Gasteiger partial charge is 0.328 e. The van der Waals surface area contributed by atoms with Crippen LogP contribution in [0.1, 0.15) is 32.8 Å². The Bertz CT molecular complexity index is 632. The van der Waals surface area contributed by atoms with Crippen LogP contribution < -0.4 is 11.2 Å². The number of aryl methyl sites for hydroxylation is 1. The minimum atomic E-state index is -0.458. The van der Waals surface area contributed by atoms with Crippen LogP contribution in [0.4, 0.5) is 0 Å². The van der Waals surface area contributed by atoms with E-state index in [4.69, 9.17) is 4.74 Å². The third-order valence-corrected chi connectivity index (χ3v) is 2.67.